The van der Waals surface area contributed by atoms with Crippen molar-refractivity contribution < 1.29 is 0 Å². The van der Waals surface area contributed by atoms with Gasteiger partial charge in [0.25, 0.3) is 0 Å². The zero-order chi connectivity index (χ0) is 11.1. The van der Waals surface area contributed by atoms with Gasteiger partial charge in [-0.3, -0.25) is 0 Å². The van der Waals surface area contributed by atoms with Gasteiger partial charge in [-0.15, -0.1) is 0 Å². The summed E-state index contributed by atoms with van der Waals surface area (Å²) in [6.07, 6.45) is 3.41. The molecule has 1 rings (SSSR count). The van der Waals surface area contributed by atoms with Crippen molar-refractivity contribution in [1.29, 1.82) is 0 Å². The van der Waals surface area contributed by atoms with Gasteiger partial charge in [0, 0.05) is 6.54 Å². The highest BCUT2D eigenvalue weighted by molar-refractivity contribution is 7.98. The van der Waals surface area contributed by atoms with Crippen molar-refractivity contribution in [2.45, 2.75) is 26.8 Å². The summed E-state index contributed by atoms with van der Waals surface area (Å²) in [6, 6.07) is 6.65. The fourth-order valence-electron chi connectivity index (χ4n) is 1.56. The van der Waals surface area contributed by atoms with Crippen molar-refractivity contribution in [3.63, 3.8) is 0 Å². The summed E-state index contributed by atoms with van der Waals surface area (Å²) in [6.45, 7) is 6.45. The van der Waals surface area contributed by atoms with Gasteiger partial charge in [0.05, 0.1) is 0 Å². The molecule has 0 heterocycles. The summed E-state index contributed by atoms with van der Waals surface area (Å²) < 4.78 is 0. The molecule has 0 radical (unpaired) electrons. The largest absolute Gasteiger partial charge is 0.313 e. The van der Waals surface area contributed by atoms with Crippen LogP contribution >= 0.6 is 11.8 Å². The standard InChI is InChI=1S/C13H21NS/c1-11-5-6-12(2)13(9-11)10-14-7-4-8-15-3/h5-6,9,14H,4,7-8,10H2,1-3H3. The van der Waals surface area contributed by atoms with Gasteiger partial charge in [0.15, 0.2) is 0 Å². The Morgan fingerprint density at radius 1 is 1.27 bits per heavy atom. The molecule has 0 aliphatic carbocycles. The van der Waals surface area contributed by atoms with Crippen molar-refractivity contribution in [3.05, 3.63) is 34.9 Å². The number of benzene rings is 1. The predicted molar refractivity (Wildman–Crippen MR) is 70.6 cm³/mol. The highest BCUT2D eigenvalue weighted by atomic mass is 32.2. The molecule has 0 fully saturated rings. The van der Waals surface area contributed by atoms with Crippen molar-refractivity contribution in [1.82, 2.24) is 5.32 Å². The summed E-state index contributed by atoms with van der Waals surface area (Å²) >= 11 is 1.91. The van der Waals surface area contributed by atoms with Gasteiger partial charge in [-0.1, -0.05) is 23.8 Å². The number of rotatable bonds is 6. The summed E-state index contributed by atoms with van der Waals surface area (Å²) in [5, 5.41) is 3.49. The molecule has 2 heteroatoms. The summed E-state index contributed by atoms with van der Waals surface area (Å²) in [5.41, 5.74) is 4.17. The lowest BCUT2D eigenvalue weighted by atomic mass is 10.1. The number of hydrogen-bond donors (Lipinski definition) is 1. The maximum atomic E-state index is 3.49. The molecular formula is C13H21NS. The van der Waals surface area contributed by atoms with Crippen molar-refractivity contribution in [2.75, 3.05) is 18.6 Å². The van der Waals surface area contributed by atoms with Gasteiger partial charge in [0.2, 0.25) is 0 Å². The van der Waals surface area contributed by atoms with E-state index < -0.39 is 0 Å². The molecule has 0 atom stereocenters. The van der Waals surface area contributed by atoms with Gasteiger partial charge in [-0.25, -0.2) is 0 Å². The fourth-order valence-corrected chi connectivity index (χ4v) is 1.99. The first-order valence-electron chi connectivity index (χ1n) is 5.50. The number of aryl methyl sites for hydroxylation is 2. The van der Waals surface area contributed by atoms with E-state index in [1.165, 1.54) is 28.9 Å². The van der Waals surface area contributed by atoms with Crippen LogP contribution in [-0.4, -0.2) is 18.6 Å². The molecular weight excluding hydrogens is 202 g/mol. The molecule has 1 nitrogen and oxygen atoms in total. The third kappa shape index (κ3) is 4.72. The SMILES string of the molecule is CSCCCNCc1cc(C)ccc1C. The maximum absolute atomic E-state index is 3.49. The molecule has 0 spiro atoms. The second-order valence-electron chi connectivity index (χ2n) is 3.95. The van der Waals surface area contributed by atoms with E-state index in [-0.39, 0.29) is 0 Å². The number of nitrogens with one attached hydrogen (secondary N) is 1. The van der Waals surface area contributed by atoms with Gasteiger partial charge in [-0.05, 0) is 49.9 Å². The Morgan fingerprint density at radius 2 is 2.07 bits per heavy atom. The molecule has 84 valence electrons. The Balaban J connectivity index is 2.33. The van der Waals surface area contributed by atoms with E-state index >= 15 is 0 Å². The van der Waals surface area contributed by atoms with Crippen molar-refractivity contribution in [2.24, 2.45) is 0 Å². The third-order valence-corrected chi connectivity index (χ3v) is 3.22. The van der Waals surface area contributed by atoms with Crippen LogP contribution in [0.3, 0.4) is 0 Å². The lowest BCUT2D eigenvalue weighted by Crippen LogP contribution is -2.16. The lowest BCUT2D eigenvalue weighted by molar-refractivity contribution is 0.676. The van der Waals surface area contributed by atoms with Gasteiger partial charge in [0.1, 0.15) is 0 Å². The molecule has 1 N–H and O–H groups in total. The molecule has 0 bridgehead atoms. The zero-order valence-electron chi connectivity index (χ0n) is 9.97. The molecule has 0 aliphatic heterocycles. The van der Waals surface area contributed by atoms with Crippen LogP contribution in [0.5, 0.6) is 0 Å². The van der Waals surface area contributed by atoms with Gasteiger partial charge < -0.3 is 5.32 Å². The van der Waals surface area contributed by atoms with E-state index in [1.807, 2.05) is 11.8 Å². The fraction of sp³-hybridized carbons (Fsp3) is 0.538. The molecule has 0 amide bonds. The van der Waals surface area contributed by atoms with Gasteiger partial charge >= 0.3 is 0 Å². The molecule has 0 saturated carbocycles. The second-order valence-corrected chi connectivity index (χ2v) is 4.94. The predicted octanol–water partition coefficient (Wildman–Crippen LogP) is 3.15. The Bertz CT molecular complexity index is 297. The summed E-state index contributed by atoms with van der Waals surface area (Å²) in [5.74, 6) is 1.25. The molecule has 15 heavy (non-hydrogen) atoms. The zero-order valence-corrected chi connectivity index (χ0v) is 10.8. The van der Waals surface area contributed by atoms with E-state index in [4.69, 9.17) is 0 Å². The molecule has 1 aromatic carbocycles. The number of hydrogen-bond acceptors (Lipinski definition) is 2. The van der Waals surface area contributed by atoms with Crippen molar-refractivity contribution >= 4 is 11.8 Å². The first-order chi connectivity index (χ1) is 7.24. The van der Waals surface area contributed by atoms with Crippen LogP contribution in [0.15, 0.2) is 18.2 Å². The quantitative estimate of drug-likeness (QED) is 0.744. The molecule has 0 aromatic heterocycles. The van der Waals surface area contributed by atoms with E-state index in [1.54, 1.807) is 0 Å². The van der Waals surface area contributed by atoms with Gasteiger partial charge in [-0.2, -0.15) is 11.8 Å². The highest BCUT2D eigenvalue weighted by Gasteiger charge is 1.97. The van der Waals surface area contributed by atoms with E-state index in [0.29, 0.717) is 0 Å². The molecule has 0 unspecified atom stereocenters. The first kappa shape index (κ1) is 12.6. The first-order valence-corrected chi connectivity index (χ1v) is 6.89. The van der Waals surface area contributed by atoms with E-state index in [0.717, 1.165) is 13.1 Å². The minimum Gasteiger partial charge on any atom is -0.313 e. The van der Waals surface area contributed by atoms with Crippen LogP contribution in [0, 0.1) is 13.8 Å². The van der Waals surface area contributed by atoms with Crippen LogP contribution in [0.4, 0.5) is 0 Å². The van der Waals surface area contributed by atoms with E-state index in [2.05, 4.69) is 43.6 Å². The third-order valence-electron chi connectivity index (χ3n) is 2.52. The Labute approximate surface area is 97.7 Å². The molecule has 1 aromatic rings. The average Bonchev–Trinajstić information content (AvgIpc) is 2.23. The van der Waals surface area contributed by atoms with Crippen LogP contribution in [0.25, 0.3) is 0 Å². The number of thioether (sulfide) groups is 1. The molecule has 0 saturated heterocycles. The lowest BCUT2D eigenvalue weighted by Gasteiger charge is -2.08. The average molecular weight is 223 g/mol. The normalized spacial score (nSPS) is 10.6. The van der Waals surface area contributed by atoms with Crippen LogP contribution in [0.2, 0.25) is 0 Å². The van der Waals surface area contributed by atoms with Crippen LogP contribution < -0.4 is 5.32 Å². The summed E-state index contributed by atoms with van der Waals surface area (Å²) in [4.78, 5) is 0. The summed E-state index contributed by atoms with van der Waals surface area (Å²) in [7, 11) is 0. The van der Waals surface area contributed by atoms with Crippen LogP contribution in [-0.2, 0) is 6.54 Å². The van der Waals surface area contributed by atoms with Crippen LogP contribution in [0.1, 0.15) is 23.1 Å². The van der Waals surface area contributed by atoms with Crippen molar-refractivity contribution in [3.8, 4) is 0 Å². The van der Waals surface area contributed by atoms with E-state index in [9.17, 15) is 0 Å². The smallest absolute Gasteiger partial charge is 0.0208 e. The monoisotopic (exact) mass is 223 g/mol. The minimum absolute atomic E-state index is 1.00. The Kier molecular flexibility index (Phi) is 5.81. The highest BCUT2D eigenvalue weighted by Crippen LogP contribution is 2.10. The minimum atomic E-state index is 1.00. The Hall–Kier alpha value is -0.470. The topological polar surface area (TPSA) is 12.0 Å². The Morgan fingerprint density at radius 3 is 2.80 bits per heavy atom. The molecule has 0 aliphatic rings. The second kappa shape index (κ2) is 6.91. The maximum Gasteiger partial charge on any atom is 0.0208 e.